The Kier molecular flexibility index (Phi) is 5.32. The maximum absolute atomic E-state index is 13.2. The fraction of sp³-hybridized carbons (Fsp3) is 0.500. The molecule has 0 spiro atoms. The van der Waals surface area contributed by atoms with E-state index in [1.807, 2.05) is 0 Å². The van der Waals surface area contributed by atoms with E-state index in [1.165, 1.54) is 0 Å². The van der Waals surface area contributed by atoms with Crippen molar-refractivity contribution >= 4 is 0 Å². The summed E-state index contributed by atoms with van der Waals surface area (Å²) in [5.41, 5.74) is 0.211. The molecule has 0 unspecified atom stereocenters. The molecule has 0 radical (unpaired) electrons. The first-order valence-corrected chi connectivity index (χ1v) is 5.39. The fourth-order valence-corrected chi connectivity index (χ4v) is 1.54. The highest BCUT2D eigenvalue weighted by Crippen LogP contribution is 2.16. The van der Waals surface area contributed by atoms with E-state index < -0.39 is 17.5 Å². The molecule has 1 nitrogen and oxygen atoms in total. The Hall–Kier alpha value is -1.03. The Morgan fingerprint density at radius 1 is 0.812 bits per heavy atom. The van der Waals surface area contributed by atoms with E-state index in [0.29, 0.717) is 18.9 Å². The summed E-state index contributed by atoms with van der Waals surface area (Å²) < 4.78 is 38.6. The van der Waals surface area contributed by atoms with Gasteiger partial charge in [0.25, 0.3) is 0 Å². The molecular formula is C12H15F3O. The van der Waals surface area contributed by atoms with E-state index in [0.717, 1.165) is 25.3 Å². The van der Waals surface area contributed by atoms with Crippen LogP contribution in [0.4, 0.5) is 13.2 Å². The standard InChI is InChI=1S/C12H15F3O/c13-10-8-12(15)11(14)7-9(10)5-3-1-2-4-6-16/h7-8,16H,1-6H2. The highest BCUT2D eigenvalue weighted by Gasteiger charge is 2.09. The molecule has 0 aliphatic heterocycles. The lowest BCUT2D eigenvalue weighted by molar-refractivity contribution is 0.282. The second kappa shape index (κ2) is 6.53. The Bertz CT molecular complexity index is 339. The molecule has 0 heterocycles. The maximum Gasteiger partial charge on any atom is 0.161 e. The van der Waals surface area contributed by atoms with E-state index in [4.69, 9.17) is 5.11 Å². The Morgan fingerprint density at radius 3 is 2.12 bits per heavy atom. The fourth-order valence-electron chi connectivity index (χ4n) is 1.54. The number of aliphatic hydroxyl groups is 1. The molecule has 0 bridgehead atoms. The van der Waals surface area contributed by atoms with Gasteiger partial charge in [0.2, 0.25) is 0 Å². The molecule has 0 aromatic heterocycles. The minimum atomic E-state index is -1.15. The Morgan fingerprint density at radius 2 is 1.44 bits per heavy atom. The second-order valence-electron chi connectivity index (χ2n) is 3.75. The quantitative estimate of drug-likeness (QED) is 0.590. The summed E-state index contributed by atoms with van der Waals surface area (Å²) in [5, 5.41) is 8.54. The van der Waals surface area contributed by atoms with Crippen LogP contribution in [0.3, 0.4) is 0 Å². The molecule has 1 aromatic rings. The SMILES string of the molecule is OCCCCCCc1cc(F)c(F)cc1F. The van der Waals surface area contributed by atoms with Crippen LogP contribution in [0, 0.1) is 17.5 Å². The van der Waals surface area contributed by atoms with Crippen molar-refractivity contribution in [3.05, 3.63) is 35.1 Å². The molecule has 1 aromatic carbocycles. The van der Waals surface area contributed by atoms with E-state index >= 15 is 0 Å². The third-order valence-corrected chi connectivity index (χ3v) is 2.44. The zero-order valence-electron chi connectivity index (χ0n) is 8.98. The summed E-state index contributed by atoms with van der Waals surface area (Å²) in [6, 6.07) is 1.50. The van der Waals surface area contributed by atoms with Gasteiger partial charge in [-0.15, -0.1) is 0 Å². The summed E-state index contributed by atoms with van der Waals surface area (Å²) in [6.07, 6.45) is 3.54. The van der Waals surface area contributed by atoms with Crippen molar-refractivity contribution in [1.29, 1.82) is 0 Å². The molecule has 1 rings (SSSR count). The first-order chi connectivity index (χ1) is 7.65. The average Bonchev–Trinajstić information content (AvgIpc) is 2.25. The summed E-state index contributed by atoms with van der Waals surface area (Å²) in [5.74, 6) is -2.85. The normalized spacial score (nSPS) is 10.8. The van der Waals surface area contributed by atoms with Crippen molar-refractivity contribution in [1.82, 2.24) is 0 Å². The van der Waals surface area contributed by atoms with Gasteiger partial charge in [0.05, 0.1) is 0 Å². The average molecular weight is 232 g/mol. The molecule has 0 aliphatic carbocycles. The first-order valence-electron chi connectivity index (χ1n) is 5.39. The van der Waals surface area contributed by atoms with Crippen LogP contribution in [0.2, 0.25) is 0 Å². The molecule has 0 aliphatic rings. The molecule has 1 N–H and O–H groups in total. The molecule has 4 heteroatoms. The summed E-state index contributed by atoms with van der Waals surface area (Å²) >= 11 is 0. The molecule has 0 amide bonds. The molecule has 90 valence electrons. The van der Waals surface area contributed by atoms with E-state index in [1.54, 1.807) is 0 Å². The zero-order chi connectivity index (χ0) is 12.0. The number of hydrogen-bond acceptors (Lipinski definition) is 1. The van der Waals surface area contributed by atoms with Crippen molar-refractivity contribution in [3.63, 3.8) is 0 Å². The number of aliphatic hydroxyl groups excluding tert-OH is 1. The van der Waals surface area contributed by atoms with Crippen LogP contribution in [0.15, 0.2) is 12.1 Å². The van der Waals surface area contributed by atoms with Gasteiger partial charge in [0, 0.05) is 12.7 Å². The Balaban J connectivity index is 2.45. The van der Waals surface area contributed by atoms with Gasteiger partial charge in [-0.25, -0.2) is 13.2 Å². The predicted molar refractivity (Wildman–Crippen MR) is 55.6 cm³/mol. The van der Waals surface area contributed by atoms with Crippen LogP contribution < -0.4 is 0 Å². The van der Waals surface area contributed by atoms with Gasteiger partial charge in [-0.05, 0) is 30.9 Å². The van der Waals surface area contributed by atoms with Crippen LogP contribution in [0.25, 0.3) is 0 Å². The lowest BCUT2D eigenvalue weighted by Gasteiger charge is -2.04. The van der Waals surface area contributed by atoms with Crippen molar-refractivity contribution in [2.45, 2.75) is 32.1 Å². The van der Waals surface area contributed by atoms with E-state index in [9.17, 15) is 13.2 Å². The topological polar surface area (TPSA) is 20.2 Å². The van der Waals surface area contributed by atoms with Crippen molar-refractivity contribution < 1.29 is 18.3 Å². The van der Waals surface area contributed by atoms with Crippen LogP contribution >= 0.6 is 0 Å². The van der Waals surface area contributed by atoms with Gasteiger partial charge in [-0.1, -0.05) is 12.8 Å². The zero-order valence-corrected chi connectivity index (χ0v) is 8.98. The molecule has 0 atom stereocenters. The lowest BCUT2D eigenvalue weighted by atomic mass is 10.1. The van der Waals surface area contributed by atoms with Gasteiger partial charge in [-0.2, -0.15) is 0 Å². The lowest BCUT2D eigenvalue weighted by Crippen LogP contribution is -1.96. The van der Waals surface area contributed by atoms with Crippen LogP contribution in [0.1, 0.15) is 31.2 Å². The van der Waals surface area contributed by atoms with Crippen LogP contribution in [-0.2, 0) is 6.42 Å². The number of aryl methyl sites for hydroxylation is 1. The number of hydrogen-bond donors (Lipinski definition) is 1. The van der Waals surface area contributed by atoms with Gasteiger partial charge in [-0.3, -0.25) is 0 Å². The Labute approximate surface area is 92.9 Å². The highest BCUT2D eigenvalue weighted by atomic mass is 19.2. The summed E-state index contributed by atoms with van der Waals surface area (Å²) in [7, 11) is 0. The maximum atomic E-state index is 13.2. The molecule has 0 saturated carbocycles. The third kappa shape index (κ3) is 3.85. The molecule has 0 fully saturated rings. The largest absolute Gasteiger partial charge is 0.396 e. The van der Waals surface area contributed by atoms with Crippen LogP contribution in [-0.4, -0.2) is 11.7 Å². The molecule has 16 heavy (non-hydrogen) atoms. The van der Waals surface area contributed by atoms with Gasteiger partial charge in [0.1, 0.15) is 5.82 Å². The smallest absolute Gasteiger partial charge is 0.161 e. The number of rotatable bonds is 6. The van der Waals surface area contributed by atoms with E-state index in [-0.39, 0.29) is 12.2 Å². The molecule has 0 saturated heterocycles. The highest BCUT2D eigenvalue weighted by molar-refractivity contribution is 5.20. The van der Waals surface area contributed by atoms with Gasteiger partial charge < -0.3 is 5.11 Å². The minimum absolute atomic E-state index is 0.152. The predicted octanol–water partition coefficient (Wildman–Crippen LogP) is 3.20. The summed E-state index contributed by atoms with van der Waals surface area (Å²) in [6.45, 7) is 0.152. The van der Waals surface area contributed by atoms with Crippen LogP contribution in [0.5, 0.6) is 0 Å². The van der Waals surface area contributed by atoms with Crippen molar-refractivity contribution in [2.24, 2.45) is 0 Å². The van der Waals surface area contributed by atoms with Gasteiger partial charge >= 0.3 is 0 Å². The monoisotopic (exact) mass is 232 g/mol. The van der Waals surface area contributed by atoms with E-state index in [2.05, 4.69) is 0 Å². The van der Waals surface area contributed by atoms with Crippen molar-refractivity contribution in [2.75, 3.05) is 6.61 Å². The molecular weight excluding hydrogens is 217 g/mol. The first kappa shape index (κ1) is 13.0. The number of benzene rings is 1. The second-order valence-corrected chi connectivity index (χ2v) is 3.75. The minimum Gasteiger partial charge on any atom is -0.396 e. The third-order valence-electron chi connectivity index (χ3n) is 2.44. The van der Waals surface area contributed by atoms with Gasteiger partial charge in [0.15, 0.2) is 11.6 Å². The number of halogens is 3. The van der Waals surface area contributed by atoms with Crippen molar-refractivity contribution in [3.8, 4) is 0 Å². The summed E-state index contributed by atoms with van der Waals surface area (Å²) in [4.78, 5) is 0. The number of unbranched alkanes of at least 4 members (excludes halogenated alkanes) is 3.